The van der Waals surface area contributed by atoms with Gasteiger partial charge in [-0.3, -0.25) is 14.4 Å². The summed E-state index contributed by atoms with van der Waals surface area (Å²) in [6, 6.07) is 0. The number of hydrogen-bond donors (Lipinski definition) is 0. The smallest absolute Gasteiger partial charge is 0.291 e. The molecule has 1 amide bonds. The highest BCUT2D eigenvalue weighted by molar-refractivity contribution is 7.99. The van der Waals surface area contributed by atoms with Crippen LogP contribution >= 0.6 is 11.8 Å². The van der Waals surface area contributed by atoms with Gasteiger partial charge in [-0.05, 0) is 13.0 Å². The number of aryl methyl sites for hydroxylation is 1. The summed E-state index contributed by atoms with van der Waals surface area (Å²) in [5.41, 5.74) is 0.605. The van der Waals surface area contributed by atoms with Gasteiger partial charge in [-0.15, -0.1) is 0 Å². The van der Waals surface area contributed by atoms with Crippen LogP contribution < -0.4 is 4.90 Å². The molecule has 0 spiro atoms. The summed E-state index contributed by atoms with van der Waals surface area (Å²) in [6.45, 7) is 8.47. The maximum absolute atomic E-state index is 13.1. The Morgan fingerprint density at radius 1 is 1.11 bits per heavy atom. The lowest BCUT2D eigenvalue weighted by Crippen LogP contribution is -2.49. The maximum Gasteiger partial charge on any atom is 0.291 e. The van der Waals surface area contributed by atoms with Gasteiger partial charge in [0.25, 0.3) is 5.91 Å². The van der Waals surface area contributed by atoms with Crippen molar-refractivity contribution >= 4 is 34.5 Å². The van der Waals surface area contributed by atoms with E-state index in [1.54, 1.807) is 4.68 Å². The van der Waals surface area contributed by atoms with Crippen LogP contribution in [-0.2, 0) is 7.05 Å². The van der Waals surface area contributed by atoms with E-state index in [1.807, 2.05) is 29.9 Å². The summed E-state index contributed by atoms with van der Waals surface area (Å²) < 4.78 is 1.75. The number of rotatable bonds is 4. The monoisotopic (exact) mass is 389 g/mol. The first kappa shape index (κ1) is 18.5. The molecule has 2 saturated heterocycles. The molecule has 2 aliphatic heterocycles. The molecule has 27 heavy (non-hydrogen) atoms. The third-order valence-corrected chi connectivity index (χ3v) is 6.12. The molecule has 9 heteroatoms. The van der Waals surface area contributed by atoms with Crippen molar-refractivity contribution in [3.63, 3.8) is 0 Å². The number of carbonyl (C=O) groups is 1. The van der Waals surface area contributed by atoms with Gasteiger partial charge in [0.05, 0.1) is 5.39 Å². The quantitative estimate of drug-likeness (QED) is 0.775. The number of amides is 1. The topological polar surface area (TPSA) is 70.4 Å². The molecule has 0 aromatic carbocycles. The van der Waals surface area contributed by atoms with Crippen molar-refractivity contribution in [2.45, 2.75) is 13.3 Å². The largest absolute Gasteiger partial charge is 0.354 e. The molecule has 0 unspecified atom stereocenters. The molecule has 0 atom stereocenters. The van der Waals surface area contributed by atoms with Gasteiger partial charge >= 0.3 is 0 Å². The van der Waals surface area contributed by atoms with Crippen LogP contribution in [0, 0.1) is 0 Å². The van der Waals surface area contributed by atoms with E-state index >= 15 is 0 Å². The average molecular weight is 390 g/mol. The Balaban J connectivity index is 1.60. The molecular weight excluding hydrogens is 362 g/mol. The highest BCUT2D eigenvalue weighted by Crippen LogP contribution is 2.26. The van der Waals surface area contributed by atoms with Crippen LogP contribution in [0.25, 0.3) is 11.0 Å². The minimum Gasteiger partial charge on any atom is -0.354 e. The number of aromatic nitrogens is 4. The Bertz CT molecular complexity index is 809. The molecule has 0 saturated carbocycles. The SMILES string of the molecule is CCCN1CCN(C(=O)c2nc(N3CCSCC3)c3cn(C)nc3n2)CC1. The van der Waals surface area contributed by atoms with Crippen molar-refractivity contribution in [3.8, 4) is 0 Å². The fraction of sp³-hybridized carbons (Fsp3) is 0.667. The number of carbonyl (C=O) groups excluding carboxylic acids is 1. The second kappa shape index (κ2) is 8.02. The summed E-state index contributed by atoms with van der Waals surface area (Å²) in [6.07, 6.45) is 3.09. The fourth-order valence-electron chi connectivity index (χ4n) is 3.75. The highest BCUT2D eigenvalue weighted by atomic mass is 32.2. The van der Waals surface area contributed by atoms with E-state index in [4.69, 9.17) is 4.98 Å². The van der Waals surface area contributed by atoms with Crippen molar-refractivity contribution < 1.29 is 4.79 Å². The van der Waals surface area contributed by atoms with Gasteiger partial charge in [-0.25, -0.2) is 9.97 Å². The lowest BCUT2D eigenvalue weighted by Gasteiger charge is -2.34. The standard InChI is InChI=1S/C18H27N7OS/c1-3-4-23-5-7-25(8-6-23)18(26)16-19-15-14(13-22(2)21-15)17(20-16)24-9-11-27-12-10-24/h13H,3-12H2,1-2H3. The number of nitrogens with zero attached hydrogens (tertiary/aromatic N) is 7. The third-order valence-electron chi connectivity index (χ3n) is 5.18. The van der Waals surface area contributed by atoms with E-state index in [-0.39, 0.29) is 11.7 Å². The minimum absolute atomic E-state index is 0.0775. The van der Waals surface area contributed by atoms with Crippen LogP contribution in [0.3, 0.4) is 0 Å². The Labute approximate surface area is 163 Å². The molecule has 2 aromatic rings. The van der Waals surface area contributed by atoms with Gasteiger partial charge in [-0.1, -0.05) is 6.92 Å². The summed E-state index contributed by atoms with van der Waals surface area (Å²) in [5.74, 6) is 3.20. The zero-order valence-corrected chi connectivity index (χ0v) is 16.9. The molecule has 2 aromatic heterocycles. The molecule has 4 heterocycles. The number of piperazine rings is 1. The van der Waals surface area contributed by atoms with Crippen LogP contribution in [0.15, 0.2) is 6.20 Å². The van der Waals surface area contributed by atoms with E-state index in [0.29, 0.717) is 5.65 Å². The molecule has 4 rings (SSSR count). The lowest BCUT2D eigenvalue weighted by atomic mass is 10.2. The van der Waals surface area contributed by atoms with E-state index in [9.17, 15) is 4.79 Å². The number of fused-ring (bicyclic) bond motifs is 1. The van der Waals surface area contributed by atoms with Gasteiger partial charge in [0.1, 0.15) is 5.82 Å². The van der Waals surface area contributed by atoms with Gasteiger partial charge in [-0.2, -0.15) is 16.9 Å². The fourth-order valence-corrected chi connectivity index (χ4v) is 4.65. The first-order valence-electron chi connectivity index (χ1n) is 9.71. The number of thioether (sulfide) groups is 1. The van der Waals surface area contributed by atoms with E-state index in [0.717, 1.165) is 74.9 Å². The Morgan fingerprint density at radius 2 is 1.85 bits per heavy atom. The van der Waals surface area contributed by atoms with E-state index in [1.165, 1.54) is 0 Å². The Morgan fingerprint density at radius 3 is 2.56 bits per heavy atom. The zero-order valence-electron chi connectivity index (χ0n) is 16.1. The normalized spacial score (nSPS) is 19.0. The summed E-state index contributed by atoms with van der Waals surface area (Å²) in [7, 11) is 1.88. The number of hydrogen-bond acceptors (Lipinski definition) is 7. The number of anilines is 1. The highest BCUT2D eigenvalue weighted by Gasteiger charge is 2.26. The van der Waals surface area contributed by atoms with Gasteiger partial charge in [0.2, 0.25) is 5.82 Å². The first-order chi connectivity index (χ1) is 13.2. The molecule has 8 nitrogen and oxygen atoms in total. The Kier molecular flexibility index (Phi) is 5.49. The van der Waals surface area contributed by atoms with Gasteiger partial charge < -0.3 is 9.80 Å². The summed E-state index contributed by atoms with van der Waals surface area (Å²) >= 11 is 1.96. The molecule has 0 bridgehead atoms. The molecule has 146 valence electrons. The maximum atomic E-state index is 13.1. The molecule has 0 radical (unpaired) electrons. The van der Waals surface area contributed by atoms with Crippen LogP contribution in [0.2, 0.25) is 0 Å². The molecule has 0 N–H and O–H groups in total. The van der Waals surface area contributed by atoms with Crippen molar-refractivity contribution in [1.82, 2.24) is 29.5 Å². The van der Waals surface area contributed by atoms with Gasteiger partial charge in [0.15, 0.2) is 5.65 Å². The van der Waals surface area contributed by atoms with Crippen LogP contribution in [0.5, 0.6) is 0 Å². The van der Waals surface area contributed by atoms with Gasteiger partial charge in [0, 0.05) is 64.0 Å². The van der Waals surface area contributed by atoms with Crippen molar-refractivity contribution in [2.75, 3.05) is 62.2 Å². The average Bonchev–Trinajstić information content (AvgIpc) is 3.08. The van der Waals surface area contributed by atoms with Crippen molar-refractivity contribution in [1.29, 1.82) is 0 Å². The Hall–Kier alpha value is -1.87. The summed E-state index contributed by atoms with van der Waals surface area (Å²) in [4.78, 5) is 28.8. The predicted octanol–water partition coefficient (Wildman–Crippen LogP) is 1.08. The lowest BCUT2D eigenvalue weighted by molar-refractivity contribution is 0.0626. The molecular formula is C18H27N7OS. The summed E-state index contributed by atoms with van der Waals surface area (Å²) in [5, 5.41) is 5.37. The molecule has 0 aliphatic carbocycles. The van der Waals surface area contributed by atoms with Crippen molar-refractivity contribution in [3.05, 3.63) is 12.0 Å². The molecule has 2 aliphatic rings. The minimum atomic E-state index is -0.0775. The zero-order chi connectivity index (χ0) is 18.8. The second-order valence-corrected chi connectivity index (χ2v) is 8.37. The third kappa shape index (κ3) is 3.89. The molecule has 2 fully saturated rings. The van der Waals surface area contributed by atoms with Crippen LogP contribution in [0.1, 0.15) is 24.0 Å². The first-order valence-corrected chi connectivity index (χ1v) is 10.9. The second-order valence-electron chi connectivity index (χ2n) is 7.14. The van der Waals surface area contributed by atoms with Crippen LogP contribution in [-0.4, -0.2) is 92.8 Å². The van der Waals surface area contributed by atoms with E-state index < -0.39 is 0 Å². The van der Waals surface area contributed by atoms with Crippen LogP contribution in [0.4, 0.5) is 5.82 Å². The van der Waals surface area contributed by atoms with Crippen molar-refractivity contribution in [2.24, 2.45) is 7.05 Å². The predicted molar refractivity (Wildman–Crippen MR) is 108 cm³/mol. The van der Waals surface area contributed by atoms with E-state index in [2.05, 4.69) is 26.8 Å².